The summed E-state index contributed by atoms with van der Waals surface area (Å²) in [6, 6.07) is 5.80. The summed E-state index contributed by atoms with van der Waals surface area (Å²) in [5, 5.41) is 18.9. The molecular weight excluding hydrogens is 238 g/mol. The molecule has 1 aromatic rings. The molecule has 4 heteroatoms. The summed E-state index contributed by atoms with van der Waals surface area (Å²) in [7, 11) is 0. The van der Waals surface area contributed by atoms with E-state index < -0.39 is 0 Å². The van der Waals surface area contributed by atoms with Crippen molar-refractivity contribution >= 4 is 17.3 Å². The molecule has 0 aromatic heterocycles. The van der Waals surface area contributed by atoms with Gasteiger partial charge in [-0.1, -0.05) is 23.7 Å². The Morgan fingerprint density at radius 1 is 1.29 bits per heavy atom. The minimum absolute atomic E-state index is 0.0295. The van der Waals surface area contributed by atoms with E-state index in [4.69, 9.17) is 16.7 Å². The second-order valence-electron chi connectivity index (χ2n) is 4.27. The summed E-state index contributed by atoms with van der Waals surface area (Å²) in [4.78, 5) is 2.12. The van der Waals surface area contributed by atoms with E-state index in [-0.39, 0.29) is 19.3 Å². The molecule has 0 radical (unpaired) electrons. The lowest BCUT2D eigenvalue weighted by Crippen LogP contribution is -2.33. The summed E-state index contributed by atoms with van der Waals surface area (Å²) < 4.78 is 0. The van der Waals surface area contributed by atoms with Crippen LogP contribution in [0.15, 0.2) is 18.2 Å². The van der Waals surface area contributed by atoms with Crippen LogP contribution in [-0.2, 0) is 6.61 Å². The molecule has 0 saturated carbocycles. The smallest absolute Gasteiger partial charge is 0.0702 e. The molecule has 0 fully saturated rings. The van der Waals surface area contributed by atoms with E-state index in [1.54, 1.807) is 0 Å². The minimum Gasteiger partial charge on any atom is -0.396 e. The van der Waals surface area contributed by atoms with Gasteiger partial charge < -0.3 is 15.1 Å². The van der Waals surface area contributed by atoms with Crippen molar-refractivity contribution in [3.8, 4) is 0 Å². The topological polar surface area (TPSA) is 43.7 Å². The van der Waals surface area contributed by atoms with Crippen molar-refractivity contribution in [2.45, 2.75) is 32.9 Å². The van der Waals surface area contributed by atoms with E-state index in [1.807, 2.05) is 18.2 Å². The number of halogens is 1. The zero-order chi connectivity index (χ0) is 12.8. The highest BCUT2D eigenvalue weighted by Gasteiger charge is 2.16. The van der Waals surface area contributed by atoms with Gasteiger partial charge in [0, 0.05) is 24.8 Å². The molecule has 0 aliphatic rings. The van der Waals surface area contributed by atoms with Crippen LogP contribution in [0.3, 0.4) is 0 Å². The molecule has 0 aliphatic heterocycles. The first-order chi connectivity index (χ1) is 8.11. The van der Waals surface area contributed by atoms with Crippen molar-refractivity contribution in [3.63, 3.8) is 0 Å². The Hall–Kier alpha value is -0.770. The first-order valence-electron chi connectivity index (χ1n) is 5.87. The van der Waals surface area contributed by atoms with E-state index >= 15 is 0 Å². The van der Waals surface area contributed by atoms with Gasteiger partial charge >= 0.3 is 0 Å². The highest BCUT2D eigenvalue weighted by molar-refractivity contribution is 6.33. The lowest BCUT2D eigenvalue weighted by molar-refractivity contribution is 0.280. The second-order valence-corrected chi connectivity index (χ2v) is 4.68. The molecule has 0 unspecified atom stereocenters. The molecule has 17 heavy (non-hydrogen) atoms. The van der Waals surface area contributed by atoms with Gasteiger partial charge in [-0.05, 0) is 26.3 Å². The number of hydrogen-bond acceptors (Lipinski definition) is 3. The van der Waals surface area contributed by atoms with Gasteiger partial charge in [-0.15, -0.1) is 0 Å². The monoisotopic (exact) mass is 257 g/mol. The van der Waals surface area contributed by atoms with Crippen molar-refractivity contribution in [2.24, 2.45) is 0 Å². The maximum Gasteiger partial charge on any atom is 0.0702 e. The van der Waals surface area contributed by atoms with Gasteiger partial charge in [0.15, 0.2) is 0 Å². The molecule has 0 amide bonds. The van der Waals surface area contributed by atoms with Gasteiger partial charge in [-0.25, -0.2) is 0 Å². The Bertz CT molecular complexity index is 355. The highest BCUT2D eigenvalue weighted by Crippen LogP contribution is 2.31. The molecule has 2 N–H and O–H groups in total. The van der Waals surface area contributed by atoms with Crippen LogP contribution in [0.4, 0.5) is 5.69 Å². The highest BCUT2D eigenvalue weighted by atomic mass is 35.5. The average Bonchev–Trinajstić information content (AvgIpc) is 2.30. The average molecular weight is 258 g/mol. The van der Waals surface area contributed by atoms with E-state index in [9.17, 15) is 5.11 Å². The van der Waals surface area contributed by atoms with Gasteiger partial charge in [0.05, 0.1) is 17.3 Å². The predicted octanol–water partition coefficient (Wildman–Crippen LogP) is 2.43. The Morgan fingerprint density at radius 2 is 2.00 bits per heavy atom. The second kappa shape index (κ2) is 6.84. The molecular formula is C13H20ClNO2. The first kappa shape index (κ1) is 14.3. The number of benzene rings is 1. The zero-order valence-electron chi connectivity index (χ0n) is 10.4. The van der Waals surface area contributed by atoms with E-state index in [2.05, 4.69) is 18.7 Å². The third-order valence-electron chi connectivity index (χ3n) is 2.71. The summed E-state index contributed by atoms with van der Waals surface area (Å²) in [6.45, 7) is 5.00. The molecule has 96 valence electrons. The minimum atomic E-state index is -0.0295. The third-order valence-corrected chi connectivity index (χ3v) is 3.01. The molecule has 0 spiro atoms. The lowest BCUT2D eigenvalue weighted by Gasteiger charge is -2.31. The SMILES string of the molecule is CC(C)N(CCCO)c1c(Cl)cccc1CO. The molecule has 0 saturated heterocycles. The van der Waals surface area contributed by atoms with Crippen molar-refractivity contribution in [2.75, 3.05) is 18.1 Å². The fraction of sp³-hybridized carbons (Fsp3) is 0.538. The van der Waals surface area contributed by atoms with Crippen LogP contribution in [0.25, 0.3) is 0 Å². The van der Waals surface area contributed by atoms with Crippen LogP contribution in [-0.4, -0.2) is 29.4 Å². The normalized spacial score (nSPS) is 10.9. The standard InChI is InChI=1S/C13H20ClNO2/c1-10(2)15(7-4-8-16)13-11(9-17)5-3-6-12(13)14/h3,5-6,10,16-17H,4,7-9H2,1-2H3. The predicted molar refractivity (Wildman–Crippen MR) is 71.6 cm³/mol. The van der Waals surface area contributed by atoms with E-state index in [0.29, 0.717) is 11.4 Å². The molecule has 0 aliphatic carbocycles. The van der Waals surface area contributed by atoms with Crippen molar-refractivity contribution in [1.82, 2.24) is 0 Å². The summed E-state index contributed by atoms with van der Waals surface area (Å²) in [5.74, 6) is 0. The van der Waals surface area contributed by atoms with Gasteiger partial charge in [0.1, 0.15) is 0 Å². The van der Waals surface area contributed by atoms with Crippen molar-refractivity contribution in [1.29, 1.82) is 0 Å². The summed E-state index contributed by atoms with van der Waals surface area (Å²) in [5.41, 5.74) is 1.70. The summed E-state index contributed by atoms with van der Waals surface area (Å²) >= 11 is 6.21. The van der Waals surface area contributed by atoms with Crippen molar-refractivity contribution in [3.05, 3.63) is 28.8 Å². The maximum absolute atomic E-state index is 9.36. The van der Waals surface area contributed by atoms with Gasteiger partial charge in [0.2, 0.25) is 0 Å². The van der Waals surface area contributed by atoms with Crippen LogP contribution in [0.5, 0.6) is 0 Å². The number of aliphatic hydroxyl groups excluding tert-OH is 2. The summed E-state index contributed by atoms with van der Waals surface area (Å²) in [6.07, 6.45) is 0.689. The van der Waals surface area contributed by atoms with Crippen molar-refractivity contribution < 1.29 is 10.2 Å². The zero-order valence-corrected chi connectivity index (χ0v) is 11.1. The van der Waals surface area contributed by atoms with Crippen LogP contribution in [0.2, 0.25) is 5.02 Å². The number of aliphatic hydroxyl groups is 2. The fourth-order valence-corrected chi connectivity index (χ4v) is 2.18. The Balaban J connectivity index is 3.07. The first-order valence-corrected chi connectivity index (χ1v) is 6.25. The maximum atomic E-state index is 9.36. The Kier molecular flexibility index (Phi) is 5.75. The van der Waals surface area contributed by atoms with Gasteiger partial charge in [-0.2, -0.15) is 0 Å². The van der Waals surface area contributed by atoms with Crippen LogP contribution < -0.4 is 4.90 Å². The number of hydrogen-bond donors (Lipinski definition) is 2. The fourth-order valence-electron chi connectivity index (χ4n) is 1.88. The largest absolute Gasteiger partial charge is 0.396 e. The van der Waals surface area contributed by atoms with Crippen LogP contribution in [0.1, 0.15) is 25.8 Å². The van der Waals surface area contributed by atoms with Crippen LogP contribution in [0, 0.1) is 0 Å². The number of nitrogens with zero attached hydrogens (tertiary/aromatic N) is 1. The number of anilines is 1. The third kappa shape index (κ3) is 3.60. The van der Waals surface area contributed by atoms with E-state index in [0.717, 1.165) is 17.8 Å². The molecule has 0 atom stereocenters. The van der Waals surface area contributed by atoms with E-state index in [1.165, 1.54) is 0 Å². The quantitative estimate of drug-likeness (QED) is 0.823. The molecule has 0 bridgehead atoms. The number of rotatable bonds is 6. The lowest BCUT2D eigenvalue weighted by atomic mass is 10.1. The molecule has 1 aromatic carbocycles. The molecule has 1 rings (SSSR count). The number of para-hydroxylation sites is 1. The Labute approximate surface area is 108 Å². The van der Waals surface area contributed by atoms with Gasteiger partial charge in [0.25, 0.3) is 0 Å². The van der Waals surface area contributed by atoms with Crippen LogP contribution >= 0.6 is 11.6 Å². The van der Waals surface area contributed by atoms with Gasteiger partial charge in [-0.3, -0.25) is 0 Å². The Morgan fingerprint density at radius 3 is 2.53 bits per heavy atom. The molecule has 3 nitrogen and oxygen atoms in total. The molecule has 0 heterocycles.